The minimum atomic E-state index is -0.330. The van der Waals surface area contributed by atoms with Crippen molar-refractivity contribution in [2.45, 2.75) is 58.4 Å². The van der Waals surface area contributed by atoms with Crippen molar-refractivity contribution in [2.75, 3.05) is 25.0 Å². The molecule has 2 atom stereocenters. The fraction of sp³-hybridized carbons (Fsp3) is 0.652. The lowest BCUT2D eigenvalue weighted by Crippen LogP contribution is -2.51. The van der Waals surface area contributed by atoms with Gasteiger partial charge in [0.15, 0.2) is 0 Å². The van der Waals surface area contributed by atoms with E-state index in [-0.39, 0.29) is 35.5 Å². The zero-order chi connectivity index (χ0) is 20.8. The fourth-order valence-corrected chi connectivity index (χ4v) is 4.58. The van der Waals surface area contributed by atoms with Gasteiger partial charge in [-0.1, -0.05) is 33.1 Å². The monoisotopic (exact) mass is 403 g/mol. The second-order valence-corrected chi connectivity index (χ2v) is 9.08. The summed E-state index contributed by atoms with van der Waals surface area (Å²) in [7, 11) is 0. The number of anilines is 1. The molecular weight excluding hydrogens is 369 g/mol. The summed E-state index contributed by atoms with van der Waals surface area (Å²) in [6.45, 7) is 6.53. The van der Waals surface area contributed by atoms with Crippen LogP contribution in [-0.2, 0) is 9.59 Å². The Bertz CT molecular complexity index is 686. The molecule has 0 radical (unpaired) electrons. The van der Waals surface area contributed by atoms with E-state index in [2.05, 4.69) is 29.4 Å². The number of carbonyl (C=O) groups excluding carboxylic acids is 2. The fourth-order valence-electron chi connectivity index (χ4n) is 4.58. The van der Waals surface area contributed by atoms with E-state index < -0.39 is 0 Å². The number of piperidine rings is 1. The molecule has 1 saturated heterocycles. The molecule has 0 spiro atoms. The molecular formula is C23H34FN3O2. The van der Waals surface area contributed by atoms with Crippen LogP contribution in [-0.4, -0.2) is 42.4 Å². The standard InChI is InChI=1S/C23H34FN3O2/c1-16(2)13-27-14-17(22(28)25-20-6-4-3-5-7-20)12-18(15-27)23(29)26-21-10-8-19(24)9-11-21/h8-11,16-18,20H,3-7,12-15H2,1-2H3,(H,25,28)(H,26,29)/t17-,18+/m0/s1. The van der Waals surface area contributed by atoms with Gasteiger partial charge in [0.25, 0.3) is 0 Å². The predicted octanol–water partition coefficient (Wildman–Crippen LogP) is 3.81. The molecule has 2 amide bonds. The Kier molecular flexibility index (Phi) is 7.64. The van der Waals surface area contributed by atoms with Crippen LogP contribution in [0.15, 0.2) is 24.3 Å². The third-order valence-corrected chi connectivity index (χ3v) is 5.95. The molecule has 2 N–H and O–H groups in total. The third kappa shape index (κ3) is 6.53. The smallest absolute Gasteiger partial charge is 0.228 e. The highest BCUT2D eigenvalue weighted by Gasteiger charge is 2.36. The Hall–Kier alpha value is -1.95. The maximum atomic E-state index is 13.1. The molecule has 1 heterocycles. The lowest BCUT2D eigenvalue weighted by Gasteiger charge is -2.38. The van der Waals surface area contributed by atoms with Crippen molar-refractivity contribution in [3.8, 4) is 0 Å². The normalized spacial score (nSPS) is 23.7. The van der Waals surface area contributed by atoms with Gasteiger partial charge in [-0.2, -0.15) is 0 Å². The van der Waals surface area contributed by atoms with Gasteiger partial charge in [-0.15, -0.1) is 0 Å². The second kappa shape index (κ2) is 10.2. The zero-order valence-corrected chi connectivity index (χ0v) is 17.6. The lowest BCUT2D eigenvalue weighted by molar-refractivity contribution is -0.130. The van der Waals surface area contributed by atoms with Gasteiger partial charge in [0.2, 0.25) is 11.8 Å². The van der Waals surface area contributed by atoms with Gasteiger partial charge in [-0.05, 0) is 49.4 Å². The lowest BCUT2D eigenvalue weighted by atomic mass is 9.86. The summed E-state index contributed by atoms with van der Waals surface area (Å²) in [5.74, 6) is -0.298. The van der Waals surface area contributed by atoms with E-state index in [1.165, 1.54) is 31.4 Å². The van der Waals surface area contributed by atoms with Crippen LogP contribution in [0.1, 0.15) is 52.4 Å². The van der Waals surface area contributed by atoms with E-state index in [9.17, 15) is 14.0 Å². The summed E-state index contributed by atoms with van der Waals surface area (Å²) in [5, 5.41) is 6.13. The Labute approximate surface area is 173 Å². The van der Waals surface area contributed by atoms with Crippen molar-refractivity contribution in [2.24, 2.45) is 17.8 Å². The van der Waals surface area contributed by atoms with Crippen molar-refractivity contribution < 1.29 is 14.0 Å². The first-order valence-electron chi connectivity index (χ1n) is 11.0. The quantitative estimate of drug-likeness (QED) is 0.759. The largest absolute Gasteiger partial charge is 0.353 e. The van der Waals surface area contributed by atoms with Gasteiger partial charge in [-0.25, -0.2) is 4.39 Å². The van der Waals surface area contributed by atoms with E-state index in [0.717, 1.165) is 19.4 Å². The molecule has 2 fully saturated rings. The summed E-state index contributed by atoms with van der Waals surface area (Å²) in [6.07, 6.45) is 6.28. The van der Waals surface area contributed by atoms with Gasteiger partial charge in [-0.3, -0.25) is 9.59 Å². The van der Waals surface area contributed by atoms with Crippen molar-refractivity contribution in [1.29, 1.82) is 0 Å². The molecule has 5 nitrogen and oxygen atoms in total. The minimum absolute atomic E-state index is 0.0879. The van der Waals surface area contributed by atoms with Crippen LogP contribution in [0.25, 0.3) is 0 Å². The molecule has 6 heteroatoms. The highest BCUT2D eigenvalue weighted by atomic mass is 19.1. The topological polar surface area (TPSA) is 61.4 Å². The number of nitrogens with zero attached hydrogens (tertiary/aromatic N) is 1. The third-order valence-electron chi connectivity index (χ3n) is 5.95. The zero-order valence-electron chi connectivity index (χ0n) is 17.6. The van der Waals surface area contributed by atoms with Crippen LogP contribution < -0.4 is 10.6 Å². The van der Waals surface area contributed by atoms with E-state index in [1.807, 2.05) is 0 Å². The van der Waals surface area contributed by atoms with Crippen LogP contribution in [0.3, 0.4) is 0 Å². The van der Waals surface area contributed by atoms with Crippen LogP contribution in [0, 0.1) is 23.6 Å². The Balaban J connectivity index is 1.64. The highest BCUT2D eigenvalue weighted by molar-refractivity contribution is 5.93. The maximum absolute atomic E-state index is 13.1. The summed E-state index contributed by atoms with van der Waals surface area (Å²) in [6, 6.07) is 6.08. The molecule has 0 unspecified atom stereocenters. The first-order valence-corrected chi connectivity index (χ1v) is 11.0. The molecule has 1 aromatic rings. The van der Waals surface area contributed by atoms with Crippen molar-refractivity contribution in [1.82, 2.24) is 10.2 Å². The number of hydrogen-bond donors (Lipinski definition) is 2. The summed E-state index contributed by atoms with van der Waals surface area (Å²) in [5.41, 5.74) is 0.584. The van der Waals surface area contributed by atoms with Gasteiger partial charge >= 0.3 is 0 Å². The number of rotatable bonds is 6. The van der Waals surface area contributed by atoms with Gasteiger partial charge in [0, 0.05) is 31.4 Å². The average molecular weight is 404 g/mol. The number of nitrogens with one attached hydrogen (secondary N) is 2. The van der Waals surface area contributed by atoms with Crippen molar-refractivity contribution >= 4 is 17.5 Å². The van der Waals surface area contributed by atoms with E-state index >= 15 is 0 Å². The number of halogens is 1. The first kappa shape index (κ1) is 21.8. The van der Waals surface area contributed by atoms with Gasteiger partial charge < -0.3 is 15.5 Å². The molecule has 2 aliphatic rings. The Morgan fingerprint density at radius 1 is 1.03 bits per heavy atom. The summed E-state index contributed by atoms with van der Waals surface area (Å²) in [4.78, 5) is 28.1. The molecule has 160 valence electrons. The SMILES string of the molecule is CC(C)CN1C[C@H](C(=O)Nc2ccc(F)cc2)C[C@H](C(=O)NC2CCCCC2)C1. The molecule has 0 aromatic heterocycles. The second-order valence-electron chi connectivity index (χ2n) is 9.08. The molecule has 29 heavy (non-hydrogen) atoms. The van der Waals surface area contributed by atoms with Crippen LogP contribution in [0.2, 0.25) is 0 Å². The number of carbonyl (C=O) groups is 2. The average Bonchev–Trinajstić information content (AvgIpc) is 2.69. The number of amides is 2. The van der Waals surface area contributed by atoms with E-state index in [0.29, 0.717) is 31.1 Å². The van der Waals surface area contributed by atoms with E-state index in [4.69, 9.17) is 0 Å². The molecule has 1 saturated carbocycles. The Morgan fingerprint density at radius 2 is 1.66 bits per heavy atom. The minimum Gasteiger partial charge on any atom is -0.353 e. The number of likely N-dealkylation sites (tertiary alicyclic amines) is 1. The maximum Gasteiger partial charge on any atom is 0.228 e. The molecule has 3 rings (SSSR count). The molecule has 1 aliphatic heterocycles. The van der Waals surface area contributed by atoms with Crippen molar-refractivity contribution in [3.63, 3.8) is 0 Å². The highest BCUT2D eigenvalue weighted by Crippen LogP contribution is 2.26. The van der Waals surface area contributed by atoms with Gasteiger partial charge in [0.1, 0.15) is 5.82 Å². The van der Waals surface area contributed by atoms with Crippen LogP contribution in [0.5, 0.6) is 0 Å². The predicted molar refractivity (Wildman–Crippen MR) is 113 cm³/mol. The van der Waals surface area contributed by atoms with Crippen molar-refractivity contribution in [3.05, 3.63) is 30.1 Å². The molecule has 1 aromatic carbocycles. The number of benzene rings is 1. The Morgan fingerprint density at radius 3 is 2.28 bits per heavy atom. The van der Waals surface area contributed by atoms with Crippen LogP contribution in [0.4, 0.5) is 10.1 Å². The summed E-state index contributed by atoms with van der Waals surface area (Å²) < 4.78 is 13.1. The number of hydrogen-bond acceptors (Lipinski definition) is 3. The van der Waals surface area contributed by atoms with Gasteiger partial charge in [0.05, 0.1) is 11.8 Å². The van der Waals surface area contributed by atoms with Crippen LogP contribution >= 0.6 is 0 Å². The van der Waals surface area contributed by atoms with E-state index in [1.54, 1.807) is 12.1 Å². The molecule has 0 bridgehead atoms. The summed E-state index contributed by atoms with van der Waals surface area (Å²) >= 11 is 0. The first-order chi connectivity index (χ1) is 13.9. The molecule has 1 aliphatic carbocycles.